The van der Waals surface area contributed by atoms with Crippen LogP contribution in [0.1, 0.15) is 6.92 Å². The number of hydrogen-bond donors (Lipinski definition) is 0. The van der Waals surface area contributed by atoms with Crippen LogP contribution in [0, 0.1) is 9.39 Å². The number of anilines is 1. The Balaban J connectivity index is 2.24. The van der Waals surface area contributed by atoms with Gasteiger partial charge in [-0.2, -0.15) is 0 Å². The van der Waals surface area contributed by atoms with E-state index in [1.807, 2.05) is 34.7 Å². The van der Waals surface area contributed by atoms with Gasteiger partial charge in [-0.25, -0.2) is 4.39 Å². The molecule has 1 heterocycles. The summed E-state index contributed by atoms with van der Waals surface area (Å²) in [5.41, 5.74) is 0.948. The summed E-state index contributed by atoms with van der Waals surface area (Å²) in [6, 6.07) is 5.70. The molecule has 0 bridgehead atoms. The Hall–Kier alpha value is -0.360. The van der Waals surface area contributed by atoms with Crippen molar-refractivity contribution in [2.45, 2.75) is 13.0 Å². The second-order valence-electron chi connectivity index (χ2n) is 3.72. The largest absolute Gasteiger partial charge is 0.377 e. The molecule has 1 fully saturated rings. The van der Waals surface area contributed by atoms with Crippen LogP contribution in [0.3, 0.4) is 0 Å². The smallest absolute Gasteiger partial charge is 0.138 e. The number of ether oxygens (including phenoxy) is 1. The van der Waals surface area contributed by atoms with Crippen LogP contribution in [-0.2, 0) is 4.74 Å². The normalized spacial score (nSPS) is 21.8. The lowest BCUT2D eigenvalue weighted by molar-refractivity contribution is 0.0989. The Morgan fingerprint density at radius 3 is 3.00 bits per heavy atom. The van der Waals surface area contributed by atoms with Crippen LogP contribution in [0.15, 0.2) is 18.2 Å². The fraction of sp³-hybridized carbons (Fsp3) is 0.455. The Morgan fingerprint density at radius 1 is 1.53 bits per heavy atom. The number of morpholine rings is 1. The van der Waals surface area contributed by atoms with Gasteiger partial charge in [0.1, 0.15) is 5.82 Å². The van der Waals surface area contributed by atoms with Crippen LogP contribution in [0.5, 0.6) is 0 Å². The Morgan fingerprint density at radius 2 is 2.33 bits per heavy atom. The molecule has 0 radical (unpaired) electrons. The first-order valence-corrected chi connectivity index (χ1v) is 6.06. The minimum absolute atomic E-state index is 0.146. The fourth-order valence-corrected chi connectivity index (χ4v) is 2.11. The zero-order chi connectivity index (χ0) is 10.8. The lowest BCUT2D eigenvalue weighted by Gasteiger charge is -2.35. The molecule has 1 saturated heterocycles. The lowest BCUT2D eigenvalue weighted by Crippen LogP contribution is -2.43. The molecule has 2 rings (SSSR count). The highest BCUT2D eigenvalue weighted by Gasteiger charge is 2.19. The fourth-order valence-electron chi connectivity index (χ4n) is 1.77. The van der Waals surface area contributed by atoms with Crippen LogP contribution < -0.4 is 4.90 Å². The zero-order valence-electron chi connectivity index (χ0n) is 8.54. The van der Waals surface area contributed by atoms with Crippen LogP contribution in [-0.4, -0.2) is 25.8 Å². The van der Waals surface area contributed by atoms with Gasteiger partial charge in [0.15, 0.2) is 0 Å². The third kappa shape index (κ3) is 2.42. The van der Waals surface area contributed by atoms with Gasteiger partial charge in [0.05, 0.1) is 13.2 Å². The van der Waals surface area contributed by atoms with Crippen molar-refractivity contribution in [1.29, 1.82) is 0 Å². The number of nitrogens with zero attached hydrogens (tertiary/aromatic N) is 1. The van der Waals surface area contributed by atoms with Crippen molar-refractivity contribution in [1.82, 2.24) is 0 Å². The summed E-state index contributed by atoms with van der Waals surface area (Å²) >= 11 is 2.00. The summed E-state index contributed by atoms with van der Waals surface area (Å²) < 4.78 is 19.4. The molecule has 1 aliphatic heterocycles. The minimum Gasteiger partial charge on any atom is -0.377 e. The van der Waals surface area contributed by atoms with E-state index >= 15 is 0 Å². The van der Waals surface area contributed by atoms with Crippen LogP contribution in [0.4, 0.5) is 10.1 Å². The molecule has 4 heteroatoms. The number of benzene rings is 1. The molecule has 0 amide bonds. The molecule has 1 atom stereocenters. The predicted octanol–water partition coefficient (Wildman–Crippen LogP) is 2.66. The number of hydrogen-bond acceptors (Lipinski definition) is 2. The molecule has 0 N–H and O–H groups in total. The number of halogens is 2. The maximum atomic E-state index is 13.4. The van der Waals surface area contributed by atoms with Gasteiger partial charge in [-0.05, 0) is 47.7 Å². The summed E-state index contributed by atoms with van der Waals surface area (Å²) in [6.45, 7) is 4.36. The van der Waals surface area contributed by atoms with E-state index < -0.39 is 0 Å². The van der Waals surface area contributed by atoms with E-state index in [-0.39, 0.29) is 5.82 Å². The summed E-state index contributed by atoms with van der Waals surface area (Å²) in [4.78, 5) is 2.18. The third-order valence-electron chi connectivity index (χ3n) is 2.60. The maximum absolute atomic E-state index is 13.4. The minimum atomic E-state index is -0.146. The van der Waals surface area contributed by atoms with Gasteiger partial charge in [0.25, 0.3) is 0 Å². The number of rotatable bonds is 1. The predicted molar refractivity (Wildman–Crippen MR) is 66.7 cm³/mol. The molecular weight excluding hydrogens is 308 g/mol. The quantitative estimate of drug-likeness (QED) is 0.738. The Labute approximate surface area is 103 Å². The van der Waals surface area contributed by atoms with E-state index in [0.29, 0.717) is 16.2 Å². The van der Waals surface area contributed by atoms with Gasteiger partial charge >= 0.3 is 0 Å². The van der Waals surface area contributed by atoms with Gasteiger partial charge in [-0.1, -0.05) is 0 Å². The SMILES string of the molecule is C[C@H]1COCCN1c1ccc(I)c(F)c1. The van der Waals surface area contributed by atoms with E-state index in [2.05, 4.69) is 11.8 Å². The van der Waals surface area contributed by atoms with Crippen molar-refractivity contribution >= 4 is 28.3 Å². The highest BCUT2D eigenvalue weighted by atomic mass is 127. The first-order valence-electron chi connectivity index (χ1n) is 4.98. The summed E-state index contributed by atoms with van der Waals surface area (Å²) in [5, 5.41) is 0. The molecule has 0 aromatic heterocycles. The molecule has 0 saturated carbocycles. The maximum Gasteiger partial charge on any atom is 0.138 e. The summed E-state index contributed by atoms with van der Waals surface area (Å²) in [6.07, 6.45) is 0. The second-order valence-corrected chi connectivity index (χ2v) is 4.88. The van der Waals surface area contributed by atoms with Crippen LogP contribution >= 0.6 is 22.6 Å². The van der Waals surface area contributed by atoms with E-state index in [1.54, 1.807) is 6.07 Å². The molecule has 2 nitrogen and oxygen atoms in total. The third-order valence-corrected chi connectivity index (χ3v) is 3.48. The van der Waals surface area contributed by atoms with Crippen molar-refractivity contribution < 1.29 is 9.13 Å². The molecular formula is C11H13FINO. The van der Waals surface area contributed by atoms with Gasteiger partial charge in [-0.15, -0.1) is 0 Å². The Kier molecular flexibility index (Phi) is 3.45. The molecule has 15 heavy (non-hydrogen) atoms. The van der Waals surface area contributed by atoms with Crippen LogP contribution in [0.2, 0.25) is 0 Å². The molecule has 1 aromatic rings. The molecule has 0 aliphatic carbocycles. The van der Waals surface area contributed by atoms with Crippen molar-refractivity contribution in [3.05, 3.63) is 27.6 Å². The van der Waals surface area contributed by atoms with Crippen LogP contribution in [0.25, 0.3) is 0 Å². The highest BCUT2D eigenvalue weighted by molar-refractivity contribution is 14.1. The molecule has 82 valence electrons. The van der Waals surface area contributed by atoms with Crippen molar-refractivity contribution in [3.8, 4) is 0 Å². The zero-order valence-corrected chi connectivity index (χ0v) is 10.7. The molecule has 0 spiro atoms. The topological polar surface area (TPSA) is 12.5 Å². The molecule has 1 aromatic carbocycles. The summed E-state index contributed by atoms with van der Waals surface area (Å²) in [5.74, 6) is -0.146. The van der Waals surface area contributed by atoms with Gasteiger partial charge in [0.2, 0.25) is 0 Å². The van der Waals surface area contributed by atoms with Gasteiger partial charge in [0, 0.05) is 21.8 Å². The standard InChI is InChI=1S/C11H13FINO/c1-8-7-15-5-4-14(8)9-2-3-11(13)10(12)6-9/h2-3,6,8H,4-5,7H2,1H3/t8-/m0/s1. The summed E-state index contributed by atoms with van der Waals surface area (Å²) in [7, 11) is 0. The van der Waals surface area contributed by atoms with Crippen molar-refractivity contribution in [3.63, 3.8) is 0 Å². The molecule has 1 aliphatic rings. The van der Waals surface area contributed by atoms with Gasteiger partial charge in [-0.3, -0.25) is 0 Å². The Bertz CT molecular complexity index is 358. The highest BCUT2D eigenvalue weighted by Crippen LogP contribution is 2.23. The van der Waals surface area contributed by atoms with Crippen molar-refractivity contribution in [2.24, 2.45) is 0 Å². The van der Waals surface area contributed by atoms with Gasteiger partial charge < -0.3 is 9.64 Å². The van der Waals surface area contributed by atoms with E-state index in [9.17, 15) is 4.39 Å². The monoisotopic (exact) mass is 321 g/mol. The lowest BCUT2D eigenvalue weighted by atomic mass is 10.2. The average Bonchev–Trinajstić information content (AvgIpc) is 2.23. The first kappa shape index (κ1) is 11.1. The van der Waals surface area contributed by atoms with E-state index in [0.717, 1.165) is 18.8 Å². The van der Waals surface area contributed by atoms with E-state index in [1.165, 1.54) is 0 Å². The van der Waals surface area contributed by atoms with E-state index in [4.69, 9.17) is 4.74 Å². The first-order chi connectivity index (χ1) is 7.18. The average molecular weight is 321 g/mol. The molecule has 0 unspecified atom stereocenters. The second kappa shape index (κ2) is 4.65. The van der Waals surface area contributed by atoms with Crippen molar-refractivity contribution in [2.75, 3.05) is 24.7 Å².